The number of hydrogen-bond acceptors (Lipinski definition) is 5. The van der Waals surface area contributed by atoms with Gasteiger partial charge in [0.2, 0.25) is 5.95 Å². The van der Waals surface area contributed by atoms with Gasteiger partial charge in [-0.2, -0.15) is 0 Å². The Balaban J connectivity index is 1.95. The number of ether oxygens (including phenoxy) is 1. The number of nitrogens with zero attached hydrogens (tertiary/aromatic N) is 3. The van der Waals surface area contributed by atoms with Gasteiger partial charge in [0.05, 0.1) is 12.7 Å². The zero-order valence-electron chi connectivity index (χ0n) is 12.9. The van der Waals surface area contributed by atoms with E-state index in [0.717, 1.165) is 10.8 Å². The van der Waals surface area contributed by atoms with Gasteiger partial charge in [-0.25, -0.2) is 9.97 Å². The molecule has 0 atom stereocenters. The molecule has 0 fully saturated rings. The molecule has 2 aromatic carbocycles. The van der Waals surface area contributed by atoms with Crippen molar-refractivity contribution in [1.82, 2.24) is 15.4 Å². The zero-order valence-corrected chi connectivity index (χ0v) is 12.9. The van der Waals surface area contributed by atoms with Crippen LogP contribution in [0, 0.1) is 0 Å². The molecule has 0 saturated heterocycles. The van der Waals surface area contributed by atoms with Crippen LogP contribution in [-0.2, 0) is 0 Å². The summed E-state index contributed by atoms with van der Waals surface area (Å²) in [5.74, 6) is 0.815. The molecule has 0 spiro atoms. The minimum absolute atomic E-state index is 0.255. The Morgan fingerprint density at radius 3 is 2.48 bits per heavy atom. The lowest BCUT2D eigenvalue weighted by atomic mass is 10.0. The second-order valence-electron chi connectivity index (χ2n) is 4.91. The van der Waals surface area contributed by atoms with E-state index in [1.807, 2.05) is 30.3 Å². The summed E-state index contributed by atoms with van der Waals surface area (Å²) in [6.45, 7) is 0. The summed E-state index contributed by atoms with van der Waals surface area (Å²) in [6, 6.07) is 12.9. The molecule has 3 rings (SSSR count). The van der Waals surface area contributed by atoms with Crippen molar-refractivity contribution in [2.75, 3.05) is 19.2 Å². The van der Waals surface area contributed by atoms with E-state index in [4.69, 9.17) is 4.74 Å². The van der Waals surface area contributed by atoms with Crippen LogP contribution >= 0.6 is 0 Å². The van der Waals surface area contributed by atoms with Crippen LogP contribution in [0.2, 0.25) is 0 Å². The Morgan fingerprint density at radius 1 is 1.09 bits per heavy atom. The molecule has 1 heterocycles. The third-order valence-corrected chi connectivity index (χ3v) is 3.45. The highest BCUT2D eigenvalue weighted by atomic mass is 16.5. The van der Waals surface area contributed by atoms with Gasteiger partial charge in [0.1, 0.15) is 5.75 Å². The number of fused-ring (bicyclic) bond motifs is 1. The fourth-order valence-electron chi connectivity index (χ4n) is 2.39. The van der Waals surface area contributed by atoms with E-state index in [-0.39, 0.29) is 5.91 Å². The second-order valence-corrected chi connectivity index (χ2v) is 4.91. The first-order valence-electron chi connectivity index (χ1n) is 7.08. The topological polar surface area (TPSA) is 67.3 Å². The molecule has 1 amide bonds. The fraction of sp³-hybridized carbons (Fsp3) is 0.118. The maximum atomic E-state index is 12.6. The van der Waals surface area contributed by atoms with Crippen LogP contribution in [0.15, 0.2) is 54.9 Å². The first-order valence-corrected chi connectivity index (χ1v) is 7.08. The number of anilines is 1. The van der Waals surface area contributed by atoms with E-state index in [2.05, 4.69) is 15.4 Å². The molecule has 3 aromatic rings. The molecule has 116 valence electrons. The molecule has 0 bridgehead atoms. The lowest BCUT2D eigenvalue weighted by Gasteiger charge is -2.18. The highest BCUT2D eigenvalue weighted by Crippen LogP contribution is 2.28. The van der Waals surface area contributed by atoms with Gasteiger partial charge >= 0.3 is 0 Å². The van der Waals surface area contributed by atoms with Crippen LogP contribution in [0.3, 0.4) is 0 Å². The third-order valence-electron chi connectivity index (χ3n) is 3.45. The van der Waals surface area contributed by atoms with Crippen molar-refractivity contribution in [2.24, 2.45) is 0 Å². The van der Waals surface area contributed by atoms with Crippen molar-refractivity contribution < 1.29 is 9.53 Å². The molecule has 0 unspecified atom stereocenters. The number of carbonyl (C=O) groups is 1. The van der Waals surface area contributed by atoms with Crippen LogP contribution in [0.1, 0.15) is 10.4 Å². The number of hydrogen-bond donors (Lipinski definition) is 1. The van der Waals surface area contributed by atoms with Crippen molar-refractivity contribution >= 4 is 22.6 Å². The molecular weight excluding hydrogens is 292 g/mol. The Kier molecular flexibility index (Phi) is 4.05. The Morgan fingerprint density at radius 2 is 1.78 bits per heavy atom. The van der Waals surface area contributed by atoms with Crippen molar-refractivity contribution in [3.8, 4) is 5.75 Å². The average molecular weight is 308 g/mol. The van der Waals surface area contributed by atoms with Gasteiger partial charge in [-0.3, -0.25) is 15.2 Å². The minimum atomic E-state index is -0.255. The van der Waals surface area contributed by atoms with E-state index in [1.165, 1.54) is 5.01 Å². The van der Waals surface area contributed by atoms with Crippen LogP contribution in [-0.4, -0.2) is 30.0 Å². The number of aromatic nitrogens is 2. The quantitative estimate of drug-likeness (QED) is 0.750. The van der Waals surface area contributed by atoms with Crippen molar-refractivity contribution in [3.05, 3.63) is 60.4 Å². The number of benzene rings is 2. The Hall–Kier alpha value is -3.15. The van der Waals surface area contributed by atoms with Crippen LogP contribution < -0.4 is 15.2 Å². The predicted molar refractivity (Wildman–Crippen MR) is 88.4 cm³/mol. The van der Waals surface area contributed by atoms with E-state index >= 15 is 0 Å². The Bertz CT molecular complexity index is 831. The number of methoxy groups -OCH3 is 1. The van der Waals surface area contributed by atoms with Gasteiger partial charge in [0.25, 0.3) is 5.91 Å². The summed E-state index contributed by atoms with van der Waals surface area (Å²) in [5.41, 5.74) is 3.30. The largest absolute Gasteiger partial charge is 0.496 e. The summed E-state index contributed by atoms with van der Waals surface area (Å²) in [4.78, 5) is 20.8. The molecule has 0 saturated carbocycles. The van der Waals surface area contributed by atoms with Crippen molar-refractivity contribution in [1.29, 1.82) is 0 Å². The van der Waals surface area contributed by atoms with Gasteiger partial charge in [-0.1, -0.05) is 24.3 Å². The first kappa shape index (κ1) is 14.8. The number of hydrazine groups is 1. The lowest BCUT2D eigenvalue weighted by molar-refractivity contribution is 0.0952. The smallest absolute Gasteiger partial charge is 0.270 e. The van der Waals surface area contributed by atoms with Gasteiger partial charge in [-0.15, -0.1) is 0 Å². The molecule has 0 aliphatic carbocycles. The van der Waals surface area contributed by atoms with E-state index in [9.17, 15) is 4.79 Å². The summed E-state index contributed by atoms with van der Waals surface area (Å²) < 4.78 is 5.39. The minimum Gasteiger partial charge on any atom is -0.496 e. The zero-order chi connectivity index (χ0) is 16.2. The van der Waals surface area contributed by atoms with Crippen LogP contribution in [0.5, 0.6) is 5.75 Å². The highest BCUT2D eigenvalue weighted by Gasteiger charge is 2.15. The second kappa shape index (κ2) is 6.31. The predicted octanol–water partition coefficient (Wildman–Crippen LogP) is 2.42. The molecule has 0 radical (unpaired) electrons. The number of carbonyl (C=O) groups excluding carboxylic acids is 1. The molecule has 6 nitrogen and oxygen atoms in total. The number of rotatable bonds is 4. The molecule has 1 N–H and O–H groups in total. The average Bonchev–Trinajstić information content (AvgIpc) is 2.61. The number of nitrogens with one attached hydrogen (secondary N) is 1. The van der Waals surface area contributed by atoms with Crippen molar-refractivity contribution in [3.63, 3.8) is 0 Å². The molecule has 0 aliphatic heterocycles. The molecule has 6 heteroatoms. The van der Waals surface area contributed by atoms with E-state index in [1.54, 1.807) is 38.7 Å². The fourth-order valence-corrected chi connectivity index (χ4v) is 2.39. The monoisotopic (exact) mass is 308 g/mol. The van der Waals surface area contributed by atoms with Crippen molar-refractivity contribution in [2.45, 2.75) is 0 Å². The molecular formula is C17H16N4O2. The van der Waals surface area contributed by atoms with Gasteiger partial charge in [0, 0.05) is 24.8 Å². The summed E-state index contributed by atoms with van der Waals surface area (Å²) in [7, 11) is 3.28. The van der Waals surface area contributed by atoms with Crippen LogP contribution in [0.4, 0.5) is 5.95 Å². The molecule has 0 aliphatic rings. The lowest BCUT2D eigenvalue weighted by Crippen LogP contribution is -2.40. The van der Waals surface area contributed by atoms with Crippen LogP contribution in [0.25, 0.3) is 10.8 Å². The van der Waals surface area contributed by atoms with Gasteiger partial charge < -0.3 is 4.74 Å². The highest BCUT2D eigenvalue weighted by molar-refractivity contribution is 6.09. The maximum absolute atomic E-state index is 12.6. The summed E-state index contributed by atoms with van der Waals surface area (Å²) in [5, 5.41) is 3.20. The SMILES string of the molecule is COc1cccc2cccc(C(=O)NN(C)c3ncccn3)c12. The Labute approximate surface area is 133 Å². The van der Waals surface area contributed by atoms with E-state index < -0.39 is 0 Å². The third kappa shape index (κ3) is 2.91. The standard InChI is InChI=1S/C17H16N4O2/c1-21(17-18-10-5-11-19-17)20-16(22)13-8-3-6-12-7-4-9-14(23-2)15(12)13/h3-11H,1-2H3,(H,20,22). The summed E-state index contributed by atoms with van der Waals surface area (Å²) >= 11 is 0. The van der Waals surface area contributed by atoms with Gasteiger partial charge in [-0.05, 0) is 23.6 Å². The number of amides is 1. The summed E-state index contributed by atoms with van der Waals surface area (Å²) in [6.07, 6.45) is 3.23. The normalized spacial score (nSPS) is 10.3. The maximum Gasteiger partial charge on any atom is 0.270 e. The van der Waals surface area contributed by atoms with E-state index in [0.29, 0.717) is 17.3 Å². The molecule has 1 aromatic heterocycles. The first-order chi connectivity index (χ1) is 11.2. The van der Waals surface area contributed by atoms with Gasteiger partial charge in [0.15, 0.2) is 0 Å². The molecule has 23 heavy (non-hydrogen) atoms.